The maximum atomic E-state index is 11.3. The maximum absolute atomic E-state index is 11.3. The van der Waals surface area contributed by atoms with E-state index in [1.54, 1.807) is 17.9 Å². The first-order chi connectivity index (χ1) is 8.11. The van der Waals surface area contributed by atoms with Crippen LogP contribution >= 0.6 is 0 Å². The quantitative estimate of drug-likeness (QED) is 0.666. The molecule has 1 amide bonds. The first-order valence-corrected chi connectivity index (χ1v) is 6.29. The molecule has 0 aromatic carbocycles. The number of hydrogen-bond donors (Lipinski definition) is 0. The summed E-state index contributed by atoms with van der Waals surface area (Å²) in [6, 6.07) is 0. The summed E-state index contributed by atoms with van der Waals surface area (Å²) >= 11 is 0. The lowest BCUT2D eigenvalue weighted by molar-refractivity contribution is -0.123. The second-order valence-corrected chi connectivity index (χ2v) is 3.83. The third-order valence-electron chi connectivity index (χ3n) is 2.44. The Morgan fingerprint density at radius 2 is 1.88 bits per heavy atom. The number of unbranched alkanes of at least 4 members (excludes halogenated alkanes) is 2. The molecular weight excluding hydrogens is 214 g/mol. The molecule has 96 valence electrons. The molecule has 0 aromatic heterocycles. The zero-order valence-corrected chi connectivity index (χ0v) is 11.2. The number of amides is 1. The van der Waals surface area contributed by atoms with Crippen LogP contribution < -0.4 is 0 Å². The molecule has 1 heterocycles. The lowest BCUT2D eigenvalue weighted by Crippen LogP contribution is -2.24. The van der Waals surface area contributed by atoms with Crippen LogP contribution in [-0.2, 0) is 9.59 Å². The number of allylic oxidation sites excluding steroid dienone is 1. The molecule has 0 unspecified atom stereocenters. The Bertz CT molecular complexity index is 287. The fourth-order valence-electron chi connectivity index (χ4n) is 1.56. The number of hydrogen-bond acceptors (Lipinski definition) is 2. The summed E-state index contributed by atoms with van der Waals surface area (Å²) in [7, 11) is 0. The summed E-state index contributed by atoms with van der Waals surface area (Å²) in [5.41, 5.74) is 0.770. The van der Waals surface area contributed by atoms with E-state index >= 15 is 0 Å². The second kappa shape index (κ2) is 8.74. The highest BCUT2D eigenvalue weighted by atomic mass is 16.2. The summed E-state index contributed by atoms with van der Waals surface area (Å²) in [4.78, 5) is 23.6. The smallest absolute Gasteiger partial charge is 0.251 e. The van der Waals surface area contributed by atoms with Crippen molar-refractivity contribution in [2.75, 3.05) is 6.54 Å². The van der Waals surface area contributed by atoms with E-state index < -0.39 is 0 Å². The predicted octanol–water partition coefficient (Wildman–Crippen LogP) is 3.07. The third kappa shape index (κ3) is 6.05. The molecule has 0 aliphatic carbocycles. The van der Waals surface area contributed by atoms with Crippen LogP contribution in [0.15, 0.2) is 24.4 Å². The summed E-state index contributed by atoms with van der Waals surface area (Å²) in [5.74, 6) is 0.255. The molecule has 0 atom stereocenters. The van der Waals surface area contributed by atoms with Gasteiger partial charge in [-0.15, -0.1) is 0 Å². The first-order valence-electron chi connectivity index (χ1n) is 6.29. The Morgan fingerprint density at radius 1 is 1.24 bits per heavy atom. The van der Waals surface area contributed by atoms with Gasteiger partial charge in [-0.25, -0.2) is 0 Å². The van der Waals surface area contributed by atoms with Crippen molar-refractivity contribution in [3.8, 4) is 0 Å². The summed E-state index contributed by atoms with van der Waals surface area (Å²) in [5, 5.41) is 0. The van der Waals surface area contributed by atoms with Crippen LogP contribution in [0, 0.1) is 0 Å². The van der Waals surface area contributed by atoms with E-state index in [-0.39, 0.29) is 11.7 Å². The lowest BCUT2D eigenvalue weighted by atomic mass is 10.1. The fourth-order valence-corrected chi connectivity index (χ4v) is 1.56. The number of carbonyl (C=O) groups is 2. The summed E-state index contributed by atoms with van der Waals surface area (Å²) in [6.45, 7) is 10.1. The molecule has 1 aliphatic rings. The van der Waals surface area contributed by atoms with Gasteiger partial charge in [0.25, 0.3) is 5.91 Å². The van der Waals surface area contributed by atoms with E-state index in [0.717, 1.165) is 25.0 Å². The van der Waals surface area contributed by atoms with Gasteiger partial charge in [-0.1, -0.05) is 26.8 Å². The van der Waals surface area contributed by atoms with Gasteiger partial charge in [0.2, 0.25) is 0 Å². The number of carbonyl (C=O) groups excluding carboxylic acids is 2. The van der Waals surface area contributed by atoms with Crippen LogP contribution in [0.5, 0.6) is 0 Å². The molecule has 0 fully saturated rings. The van der Waals surface area contributed by atoms with Crippen LogP contribution in [0.1, 0.15) is 46.5 Å². The lowest BCUT2D eigenvalue weighted by Gasteiger charge is -2.16. The topological polar surface area (TPSA) is 37.4 Å². The van der Waals surface area contributed by atoms with Gasteiger partial charge in [-0.2, -0.15) is 0 Å². The molecule has 3 nitrogen and oxygen atoms in total. The van der Waals surface area contributed by atoms with Gasteiger partial charge in [0, 0.05) is 24.7 Å². The highest BCUT2D eigenvalue weighted by Gasteiger charge is 2.17. The van der Waals surface area contributed by atoms with Crippen molar-refractivity contribution in [3.05, 3.63) is 24.4 Å². The van der Waals surface area contributed by atoms with E-state index in [1.165, 1.54) is 6.08 Å². The van der Waals surface area contributed by atoms with Crippen LogP contribution in [0.25, 0.3) is 0 Å². The fraction of sp³-hybridized carbons (Fsp3) is 0.571. The molecule has 0 aromatic rings. The first kappa shape index (κ1) is 15.6. The maximum Gasteiger partial charge on any atom is 0.251 e. The molecule has 0 saturated heterocycles. The summed E-state index contributed by atoms with van der Waals surface area (Å²) in [6.07, 6.45) is 6.75. The van der Waals surface area contributed by atoms with Crippen molar-refractivity contribution in [3.63, 3.8) is 0 Å². The zero-order valence-electron chi connectivity index (χ0n) is 11.2. The van der Waals surface area contributed by atoms with Crippen LogP contribution in [0.4, 0.5) is 0 Å². The van der Waals surface area contributed by atoms with Gasteiger partial charge >= 0.3 is 0 Å². The Kier molecular flexibility index (Phi) is 8.03. The Labute approximate surface area is 104 Å². The van der Waals surface area contributed by atoms with Gasteiger partial charge in [0.05, 0.1) is 0 Å². The molecule has 0 saturated carbocycles. The minimum absolute atomic E-state index is 0.0200. The molecule has 0 bridgehead atoms. The molecule has 0 spiro atoms. The molecule has 3 heteroatoms. The Balaban J connectivity index is 0.00000121. The van der Waals surface area contributed by atoms with Crippen molar-refractivity contribution in [1.29, 1.82) is 0 Å². The number of nitrogens with zero attached hydrogens (tertiary/aromatic N) is 1. The van der Waals surface area contributed by atoms with Gasteiger partial charge < -0.3 is 9.69 Å². The second-order valence-electron chi connectivity index (χ2n) is 3.83. The predicted molar refractivity (Wildman–Crippen MR) is 70.5 cm³/mol. The van der Waals surface area contributed by atoms with E-state index in [9.17, 15) is 9.59 Å². The van der Waals surface area contributed by atoms with Crippen LogP contribution in [-0.4, -0.2) is 23.1 Å². The monoisotopic (exact) mass is 237 g/mol. The van der Waals surface area contributed by atoms with E-state index in [4.69, 9.17) is 0 Å². The minimum Gasteiger partial charge on any atom is -0.309 e. The Morgan fingerprint density at radius 3 is 2.35 bits per heavy atom. The summed E-state index contributed by atoms with van der Waals surface area (Å²) < 4.78 is 0. The SMILES string of the molecule is C=C1C=CC(=O)N1CCCCCC(C)=O.CC. The van der Waals surface area contributed by atoms with Gasteiger partial charge in [-0.3, -0.25) is 4.79 Å². The van der Waals surface area contributed by atoms with E-state index in [1.807, 2.05) is 13.8 Å². The molecule has 0 radical (unpaired) electrons. The molecular formula is C14H23NO2. The van der Waals surface area contributed by atoms with Crippen molar-refractivity contribution in [2.24, 2.45) is 0 Å². The zero-order chi connectivity index (χ0) is 13.3. The van der Waals surface area contributed by atoms with Gasteiger partial charge in [0.1, 0.15) is 5.78 Å². The highest BCUT2D eigenvalue weighted by Crippen LogP contribution is 2.14. The normalized spacial score (nSPS) is 13.7. The standard InChI is InChI=1S/C12H17NO2.C2H6/c1-10-7-8-12(15)13(10)9-5-3-4-6-11(2)14;1-2/h7-8H,1,3-6,9H2,2H3;1-2H3. The van der Waals surface area contributed by atoms with Crippen molar-refractivity contribution in [2.45, 2.75) is 46.5 Å². The minimum atomic E-state index is 0.0200. The molecule has 0 N–H and O–H groups in total. The number of ketones is 1. The average Bonchev–Trinajstić information content (AvgIpc) is 2.62. The van der Waals surface area contributed by atoms with Crippen molar-refractivity contribution >= 4 is 11.7 Å². The van der Waals surface area contributed by atoms with E-state index in [2.05, 4.69) is 6.58 Å². The van der Waals surface area contributed by atoms with Crippen molar-refractivity contribution in [1.82, 2.24) is 4.90 Å². The third-order valence-corrected chi connectivity index (χ3v) is 2.44. The number of Topliss-reactive ketones (excluding diaryl/α,β-unsaturated/α-hetero) is 1. The van der Waals surface area contributed by atoms with Crippen molar-refractivity contribution < 1.29 is 9.59 Å². The molecule has 1 aliphatic heterocycles. The van der Waals surface area contributed by atoms with E-state index in [0.29, 0.717) is 13.0 Å². The molecule has 1 rings (SSSR count). The average molecular weight is 237 g/mol. The van der Waals surface area contributed by atoms with Gasteiger partial charge in [0.15, 0.2) is 0 Å². The Hall–Kier alpha value is -1.38. The van der Waals surface area contributed by atoms with Gasteiger partial charge in [-0.05, 0) is 25.8 Å². The number of rotatable bonds is 6. The molecule has 17 heavy (non-hydrogen) atoms. The highest BCUT2D eigenvalue weighted by molar-refractivity contribution is 5.92. The van der Waals surface area contributed by atoms with Crippen LogP contribution in [0.2, 0.25) is 0 Å². The largest absolute Gasteiger partial charge is 0.309 e. The van der Waals surface area contributed by atoms with Crippen LogP contribution in [0.3, 0.4) is 0 Å².